The average molecular weight is 301 g/mol. The van der Waals surface area contributed by atoms with Crippen molar-refractivity contribution >= 4 is 5.91 Å². The lowest BCUT2D eigenvalue weighted by molar-refractivity contribution is 0.0523. The Morgan fingerprint density at radius 3 is 2.73 bits per heavy atom. The Morgan fingerprint density at radius 1 is 1.36 bits per heavy atom. The van der Waals surface area contributed by atoms with E-state index in [4.69, 9.17) is 5.26 Å². The van der Waals surface area contributed by atoms with Gasteiger partial charge in [-0.1, -0.05) is 19.1 Å². The first kappa shape index (κ1) is 16.5. The summed E-state index contributed by atoms with van der Waals surface area (Å²) in [6, 6.07) is 9.40. The number of amides is 1. The van der Waals surface area contributed by atoms with E-state index >= 15 is 0 Å². The molecule has 0 aliphatic carbocycles. The van der Waals surface area contributed by atoms with Crippen LogP contribution in [0.4, 0.5) is 0 Å². The molecular weight excluding hydrogens is 278 g/mol. The molecule has 1 fully saturated rings. The Kier molecular flexibility index (Phi) is 5.93. The summed E-state index contributed by atoms with van der Waals surface area (Å²) in [7, 11) is 0. The Morgan fingerprint density at radius 2 is 2.09 bits per heavy atom. The molecule has 1 amide bonds. The highest BCUT2D eigenvalue weighted by Crippen LogP contribution is 2.12. The van der Waals surface area contributed by atoms with Gasteiger partial charge in [-0.2, -0.15) is 5.26 Å². The third kappa shape index (κ3) is 4.30. The highest BCUT2D eigenvalue weighted by molar-refractivity contribution is 5.94. The number of aliphatic hydroxyl groups excluding tert-OH is 1. The van der Waals surface area contributed by atoms with Crippen molar-refractivity contribution in [2.45, 2.75) is 25.9 Å². The molecule has 1 aliphatic rings. The molecule has 1 N–H and O–H groups in total. The van der Waals surface area contributed by atoms with Gasteiger partial charge in [0.05, 0.1) is 18.6 Å². The van der Waals surface area contributed by atoms with E-state index in [9.17, 15) is 9.90 Å². The average Bonchev–Trinajstić information content (AvgIpc) is 2.55. The number of β-amino-alcohol motifs (C(OH)–C–C–N with tert-alkyl or cyclic N) is 1. The second-order valence-electron chi connectivity index (χ2n) is 5.69. The molecule has 5 heteroatoms. The molecule has 1 aliphatic heterocycles. The normalized spacial score (nSPS) is 17.0. The molecular formula is C17H23N3O2. The lowest BCUT2D eigenvalue weighted by Crippen LogP contribution is -2.50. The summed E-state index contributed by atoms with van der Waals surface area (Å²) >= 11 is 0. The van der Waals surface area contributed by atoms with Crippen molar-refractivity contribution in [1.29, 1.82) is 5.26 Å². The highest BCUT2D eigenvalue weighted by Gasteiger charge is 2.23. The third-order valence-corrected chi connectivity index (χ3v) is 4.06. The molecule has 0 radical (unpaired) electrons. The van der Waals surface area contributed by atoms with Crippen LogP contribution in [0.3, 0.4) is 0 Å². The van der Waals surface area contributed by atoms with Gasteiger partial charge >= 0.3 is 0 Å². The van der Waals surface area contributed by atoms with Crippen molar-refractivity contribution in [3.8, 4) is 6.07 Å². The maximum atomic E-state index is 12.5. The molecule has 1 saturated heterocycles. The van der Waals surface area contributed by atoms with Crippen molar-refractivity contribution in [2.75, 3.05) is 32.7 Å². The van der Waals surface area contributed by atoms with E-state index in [0.29, 0.717) is 31.6 Å². The number of carbonyl (C=O) groups excluding carboxylic acids is 1. The van der Waals surface area contributed by atoms with Crippen molar-refractivity contribution in [3.63, 3.8) is 0 Å². The van der Waals surface area contributed by atoms with Gasteiger partial charge in [0.1, 0.15) is 0 Å². The topological polar surface area (TPSA) is 67.6 Å². The second-order valence-corrected chi connectivity index (χ2v) is 5.69. The third-order valence-electron chi connectivity index (χ3n) is 4.06. The van der Waals surface area contributed by atoms with Crippen LogP contribution in [-0.2, 0) is 6.42 Å². The fraction of sp³-hybridized carbons (Fsp3) is 0.529. The van der Waals surface area contributed by atoms with Crippen molar-refractivity contribution < 1.29 is 9.90 Å². The SMILES string of the molecule is CC[C@@H](O)CN1CCN(C(=O)c2cccc(CC#N)c2)CC1. The molecule has 1 heterocycles. The Hall–Kier alpha value is -1.90. The summed E-state index contributed by atoms with van der Waals surface area (Å²) in [5.74, 6) is 0.0236. The number of hydrogen-bond donors (Lipinski definition) is 1. The smallest absolute Gasteiger partial charge is 0.253 e. The summed E-state index contributed by atoms with van der Waals surface area (Å²) in [6.45, 7) is 5.59. The van der Waals surface area contributed by atoms with E-state index < -0.39 is 0 Å². The van der Waals surface area contributed by atoms with Crippen molar-refractivity contribution in [1.82, 2.24) is 9.80 Å². The summed E-state index contributed by atoms with van der Waals surface area (Å²) in [4.78, 5) is 16.6. The van der Waals surface area contributed by atoms with E-state index in [0.717, 1.165) is 25.1 Å². The van der Waals surface area contributed by atoms with Crippen LogP contribution in [0, 0.1) is 11.3 Å². The van der Waals surface area contributed by atoms with Gasteiger partial charge in [-0.25, -0.2) is 0 Å². The number of carbonyl (C=O) groups is 1. The van der Waals surface area contributed by atoms with Crippen LogP contribution in [-0.4, -0.2) is 59.6 Å². The zero-order valence-corrected chi connectivity index (χ0v) is 13.0. The molecule has 1 atom stereocenters. The number of hydrogen-bond acceptors (Lipinski definition) is 4. The standard InChI is InChI=1S/C17H23N3O2/c1-2-16(21)13-19-8-10-20(11-9-19)17(22)15-5-3-4-14(12-15)6-7-18/h3-5,12,16,21H,2,6,8-11,13H2,1H3/t16-/m1/s1. The molecule has 0 bridgehead atoms. The summed E-state index contributed by atoms with van der Waals surface area (Å²) < 4.78 is 0. The molecule has 0 spiro atoms. The lowest BCUT2D eigenvalue weighted by Gasteiger charge is -2.35. The molecule has 1 aromatic carbocycles. The number of benzene rings is 1. The maximum absolute atomic E-state index is 12.5. The molecule has 22 heavy (non-hydrogen) atoms. The van der Waals surface area contributed by atoms with E-state index in [1.54, 1.807) is 12.1 Å². The zero-order valence-electron chi connectivity index (χ0n) is 13.0. The number of piperazine rings is 1. The molecule has 118 valence electrons. The van der Waals surface area contributed by atoms with Crippen molar-refractivity contribution in [3.05, 3.63) is 35.4 Å². The summed E-state index contributed by atoms with van der Waals surface area (Å²) in [6.07, 6.45) is 0.791. The molecule has 1 aromatic rings. The molecule has 5 nitrogen and oxygen atoms in total. The Labute approximate surface area is 131 Å². The molecule has 0 saturated carbocycles. The quantitative estimate of drug-likeness (QED) is 0.889. The van der Waals surface area contributed by atoms with Crippen LogP contribution < -0.4 is 0 Å². The number of rotatable bonds is 5. The summed E-state index contributed by atoms with van der Waals surface area (Å²) in [5.41, 5.74) is 1.52. The maximum Gasteiger partial charge on any atom is 0.253 e. The predicted molar refractivity (Wildman–Crippen MR) is 84.4 cm³/mol. The van der Waals surface area contributed by atoms with E-state index in [2.05, 4.69) is 11.0 Å². The molecule has 2 rings (SSSR count). The van der Waals surface area contributed by atoms with Crippen LogP contribution in [0.25, 0.3) is 0 Å². The van der Waals surface area contributed by atoms with Crippen molar-refractivity contribution in [2.24, 2.45) is 0 Å². The summed E-state index contributed by atoms with van der Waals surface area (Å²) in [5, 5.41) is 18.4. The Bertz CT molecular complexity index is 545. The lowest BCUT2D eigenvalue weighted by atomic mass is 10.1. The monoisotopic (exact) mass is 301 g/mol. The van der Waals surface area contributed by atoms with Gasteiger partial charge in [0.25, 0.3) is 5.91 Å². The van der Waals surface area contributed by atoms with Crippen LogP contribution in [0.1, 0.15) is 29.3 Å². The largest absolute Gasteiger partial charge is 0.392 e. The fourth-order valence-electron chi connectivity index (χ4n) is 2.65. The van der Waals surface area contributed by atoms with Gasteiger partial charge in [0.15, 0.2) is 0 Å². The van der Waals surface area contributed by atoms with Crippen LogP contribution >= 0.6 is 0 Å². The number of nitriles is 1. The van der Waals surface area contributed by atoms with E-state index in [1.165, 1.54) is 0 Å². The molecule has 0 aromatic heterocycles. The first-order valence-electron chi connectivity index (χ1n) is 7.79. The van der Waals surface area contributed by atoms with Crippen LogP contribution in [0.15, 0.2) is 24.3 Å². The van der Waals surface area contributed by atoms with Gasteiger partial charge < -0.3 is 10.0 Å². The minimum atomic E-state index is -0.287. The predicted octanol–water partition coefficient (Wildman–Crippen LogP) is 1.28. The fourth-order valence-corrected chi connectivity index (χ4v) is 2.65. The second kappa shape index (κ2) is 7.92. The number of aliphatic hydroxyl groups is 1. The van der Waals surface area contributed by atoms with E-state index in [-0.39, 0.29) is 12.0 Å². The highest BCUT2D eigenvalue weighted by atomic mass is 16.3. The van der Waals surface area contributed by atoms with Gasteiger partial charge in [0.2, 0.25) is 0 Å². The molecule has 0 unspecified atom stereocenters. The minimum absolute atomic E-state index is 0.0236. The first-order chi connectivity index (χ1) is 10.6. The van der Waals surface area contributed by atoms with Gasteiger partial charge in [-0.3, -0.25) is 9.69 Å². The van der Waals surface area contributed by atoms with Gasteiger partial charge in [0, 0.05) is 38.3 Å². The van der Waals surface area contributed by atoms with E-state index in [1.807, 2.05) is 24.0 Å². The van der Waals surface area contributed by atoms with Gasteiger partial charge in [-0.15, -0.1) is 0 Å². The van der Waals surface area contributed by atoms with Crippen LogP contribution in [0.5, 0.6) is 0 Å². The zero-order chi connectivity index (χ0) is 15.9. The minimum Gasteiger partial charge on any atom is -0.392 e. The Balaban J connectivity index is 1.92. The van der Waals surface area contributed by atoms with Gasteiger partial charge in [-0.05, 0) is 24.1 Å². The van der Waals surface area contributed by atoms with Crippen LogP contribution in [0.2, 0.25) is 0 Å². The first-order valence-corrected chi connectivity index (χ1v) is 7.79. The number of nitrogens with zero attached hydrogens (tertiary/aromatic N) is 3.